The molecule has 17 heavy (non-hydrogen) atoms. The molecule has 0 fully saturated rings. The molecular weight excluding hydrogens is 259 g/mol. The first-order valence-electron chi connectivity index (χ1n) is 4.65. The number of nitrogens with two attached hydrogens (primary N) is 1. The zero-order valence-electron chi connectivity index (χ0n) is 8.97. The molecule has 0 radical (unpaired) electrons. The molecule has 3 nitrogen and oxygen atoms in total. The summed E-state index contributed by atoms with van der Waals surface area (Å²) in [5.41, 5.74) is -0.520. The van der Waals surface area contributed by atoms with Crippen molar-refractivity contribution >= 4 is 11.6 Å². The fourth-order valence-corrected chi connectivity index (χ4v) is 1.71. The summed E-state index contributed by atoms with van der Waals surface area (Å²) in [4.78, 5) is 4.31. The highest BCUT2D eigenvalue weighted by Crippen LogP contribution is 2.41. The molecule has 2 N–H and O–H groups in total. The number of methoxy groups -OCH3 is 1. The van der Waals surface area contributed by atoms with Crippen LogP contribution >= 0.6 is 11.6 Å². The quantitative estimate of drug-likeness (QED) is 0.855. The number of rotatable bonds is 4. The highest BCUT2D eigenvalue weighted by atomic mass is 35.5. The number of ether oxygens (including phenoxy) is 1. The SMILES string of the molecule is COc1c(Cl)cc(CCON)cc1C(F)(F)F. The van der Waals surface area contributed by atoms with Crippen LogP contribution in [0, 0.1) is 0 Å². The van der Waals surface area contributed by atoms with Crippen molar-refractivity contribution in [2.24, 2.45) is 5.90 Å². The Kier molecular flexibility index (Phi) is 4.62. The summed E-state index contributed by atoms with van der Waals surface area (Å²) in [6.45, 7) is 0.111. The van der Waals surface area contributed by atoms with E-state index in [1.807, 2.05) is 0 Å². The fraction of sp³-hybridized carbons (Fsp3) is 0.400. The third-order valence-corrected chi connectivity index (χ3v) is 2.40. The van der Waals surface area contributed by atoms with Gasteiger partial charge in [0, 0.05) is 0 Å². The van der Waals surface area contributed by atoms with E-state index >= 15 is 0 Å². The molecule has 0 amide bonds. The predicted molar refractivity (Wildman–Crippen MR) is 56.8 cm³/mol. The normalized spacial score (nSPS) is 11.6. The van der Waals surface area contributed by atoms with Gasteiger partial charge in [-0.15, -0.1) is 0 Å². The molecule has 0 aliphatic rings. The Morgan fingerprint density at radius 2 is 2.00 bits per heavy atom. The molecule has 7 heteroatoms. The molecule has 0 saturated carbocycles. The van der Waals surface area contributed by atoms with Crippen LogP contribution in [-0.4, -0.2) is 13.7 Å². The molecule has 0 aliphatic heterocycles. The van der Waals surface area contributed by atoms with Crippen LogP contribution in [0.5, 0.6) is 5.75 Å². The van der Waals surface area contributed by atoms with Gasteiger partial charge in [0.05, 0.1) is 24.3 Å². The van der Waals surface area contributed by atoms with Crippen LogP contribution in [0.15, 0.2) is 12.1 Å². The molecule has 0 unspecified atom stereocenters. The van der Waals surface area contributed by atoms with Crippen molar-refractivity contribution in [3.63, 3.8) is 0 Å². The second-order valence-corrected chi connectivity index (χ2v) is 3.68. The van der Waals surface area contributed by atoms with E-state index in [0.717, 1.165) is 13.2 Å². The average Bonchev–Trinajstić information content (AvgIpc) is 2.24. The summed E-state index contributed by atoms with van der Waals surface area (Å²) in [5.74, 6) is 4.44. The molecule has 1 aromatic carbocycles. The second kappa shape index (κ2) is 5.57. The lowest BCUT2D eigenvalue weighted by molar-refractivity contribution is -0.138. The predicted octanol–water partition coefficient (Wildman–Crippen LogP) is 2.80. The first-order chi connectivity index (χ1) is 7.90. The maximum atomic E-state index is 12.7. The van der Waals surface area contributed by atoms with Crippen LogP contribution in [0.1, 0.15) is 11.1 Å². The molecule has 0 bridgehead atoms. The number of hydrogen-bond acceptors (Lipinski definition) is 3. The summed E-state index contributed by atoms with van der Waals surface area (Å²) < 4.78 is 42.8. The van der Waals surface area contributed by atoms with Gasteiger partial charge >= 0.3 is 6.18 Å². The van der Waals surface area contributed by atoms with Crippen LogP contribution in [-0.2, 0) is 17.4 Å². The highest BCUT2D eigenvalue weighted by molar-refractivity contribution is 6.32. The first kappa shape index (κ1) is 14.1. The van der Waals surface area contributed by atoms with E-state index < -0.39 is 11.7 Å². The molecular formula is C10H11ClF3NO2. The summed E-state index contributed by atoms with van der Waals surface area (Å²) >= 11 is 5.72. The van der Waals surface area contributed by atoms with Gasteiger partial charge in [0.15, 0.2) is 0 Å². The van der Waals surface area contributed by atoms with Gasteiger partial charge in [-0.05, 0) is 24.1 Å². The van der Waals surface area contributed by atoms with Crippen molar-refractivity contribution in [2.45, 2.75) is 12.6 Å². The minimum Gasteiger partial charge on any atom is -0.495 e. The highest BCUT2D eigenvalue weighted by Gasteiger charge is 2.35. The lowest BCUT2D eigenvalue weighted by Gasteiger charge is -2.15. The van der Waals surface area contributed by atoms with E-state index in [1.165, 1.54) is 6.07 Å². The van der Waals surface area contributed by atoms with Crippen molar-refractivity contribution in [1.29, 1.82) is 0 Å². The van der Waals surface area contributed by atoms with Gasteiger partial charge in [0.25, 0.3) is 0 Å². The van der Waals surface area contributed by atoms with Crippen molar-refractivity contribution in [3.05, 3.63) is 28.3 Å². The molecule has 0 saturated heterocycles. The van der Waals surface area contributed by atoms with Crippen LogP contribution in [0.4, 0.5) is 13.2 Å². The first-order valence-corrected chi connectivity index (χ1v) is 5.03. The van der Waals surface area contributed by atoms with E-state index in [0.29, 0.717) is 5.56 Å². The van der Waals surface area contributed by atoms with Gasteiger partial charge in [-0.3, -0.25) is 0 Å². The van der Waals surface area contributed by atoms with Gasteiger partial charge in [0.2, 0.25) is 0 Å². The molecule has 0 atom stereocenters. The Morgan fingerprint density at radius 3 is 2.47 bits per heavy atom. The Hall–Kier alpha value is -0.980. The minimum atomic E-state index is -4.52. The Bertz CT molecular complexity index is 396. The topological polar surface area (TPSA) is 44.5 Å². The summed E-state index contributed by atoms with van der Waals surface area (Å²) in [7, 11) is 1.14. The van der Waals surface area contributed by atoms with Crippen molar-refractivity contribution < 1.29 is 22.7 Å². The largest absolute Gasteiger partial charge is 0.495 e. The third-order valence-electron chi connectivity index (χ3n) is 2.12. The Balaban J connectivity index is 3.19. The van der Waals surface area contributed by atoms with Gasteiger partial charge < -0.3 is 9.57 Å². The van der Waals surface area contributed by atoms with E-state index in [2.05, 4.69) is 9.57 Å². The van der Waals surface area contributed by atoms with Crippen LogP contribution in [0.2, 0.25) is 5.02 Å². The van der Waals surface area contributed by atoms with Crippen LogP contribution in [0.25, 0.3) is 0 Å². The third kappa shape index (κ3) is 3.49. The Labute approximate surface area is 101 Å². The lowest BCUT2D eigenvalue weighted by atomic mass is 10.1. The van der Waals surface area contributed by atoms with E-state index in [4.69, 9.17) is 17.5 Å². The number of benzene rings is 1. The molecule has 96 valence electrons. The lowest BCUT2D eigenvalue weighted by Crippen LogP contribution is -2.10. The Morgan fingerprint density at radius 1 is 1.35 bits per heavy atom. The van der Waals surface area contributed by atoms with E-state index in [1.54, 1.807) is 0 Å². The van der Waals surface area contributed by atoms with Gasteiger partial charge in [-0.25, -0.2) is 5.90 Å². The molecule has 1 rings (SSSR count). The average molecular weight is 270 g/mol. The number of halogens is 4. The molecule has 0 aromatic heterocycles. The summed E-state index contributed by atoms with van der Waals surface area (Å²) in [6.07, 6.45) is -4.28. The smallest absolute Gasteiger partial charge is 0.420 e. The van der Waals surface area contributed by atoms with Crippen LogP contribution in [0.3, 0.4) is 0 Å². The molecule has 0 heterocycles. The minimum absolute atomic E-state index is 0.0886. The zero-order valence-corrected chi connectivity index (χ0v) is 9.73. The fourth-order valence-electron chi connectivity index (χ4n) is 1.39. The molecule has 0 aliphatic carbocycles. The van der Waals surface area contributed by atoms with E-state index in [9.17, 15) is 13.2 Å². The maximum Gasteiger partial charge on any atom is 0.420 e. The summed E-state index contributed by atoms with van der Waals surface area (Å²) in [5, 5.41) is -0.0886. The van der Waals surface area contributed by atoms with Gasteiger partial charge in [-0.1, -0.05) is 11.6 Å². The van der Waals surface area contributed by atoms with Crippen molar-refractivity contribution in [2.75, 3.05) is 13.7 Å². The maximum absolute atomic E-state index is 12.7. The van der Waals surface area contributed by atoms with Crippen molar-refractivity contribution in [3.8, 4) is 5.75 Å². The monoisotopic (exact) mass is 269 g/mol. The number of hydrogen-bond donors (Lipinski definition) is 1. The standard InChI is InChI=1S/C10H11ClF3NO2/c1-16-9-7(10(12,13)14)4-6(2-3-17-15)5-8(9)11/h4-5H,2-3,15H2,1H3. The summed E-state index contributed by atoms with van der Waals surface area (Å²) in [6, 6.07) is 2.37. The molecule has 1 aromatic rings. The second-order valence-electron chi connectivity index (χ2n) is 3.28. The molecule has 0 spiro atoms. The van der Waals surface area contributed by atoms with Gasteiger partial charge in [0.1, 0.15) is 5.75 Å². The van der Waals surface area contributed by atoms with Gasteiger partial charge in [-0.2, -0.15) is 13.2 Å². The zero-order chi connectivity index (χ0) is 13.1. The van der Waals surface area contributed by atoms with E-state index in [-0.39, 0.29) is 23.8 Å². The van der Waals surface area contributed by atoms with Crippen LogP contribution < -0.4 is 10.6 Å². The van der Waals surface area contributed by atoms with Crippen molar-refractivity contribution in [1.82, 2.24) is 0 Å². The number of alkyl halides is 3.